The molecule has 1 aromatic heterocycles. The van der Waals surface area contributed by atoms with Crippen molar-refractivity contribution in [2.24, 2.45) is 0 Å². The quantitative estimate of drug-likeness (QED) is 0.762. The fourth-order valence-corrected chi connectivity index (χ4v) is 3.34. The summed E-state index contributed by atoms with van der Waals surface area (Å²) in [6.07, 6.45) is 0.977. The second kappa shape index (κ2) is 8.88. The minimum atomic E-state index is 0.342. The van der Waals surface area contributed by atoms with E-state index >= 15 is 0 Å². The highest BCUT2D eigenvalue weighted by Gasteiger charge is 2.15. The Balaban J connectivity index is 1.72. The molecule has 5 heteroatoms. The van der Waals surface area contributed by atoms with Crippen LogP contribution in [0.3, 0.4) is 0 Å². The summed E-state index contributed by atoms with van der Waals surface area (Å²) < 4.78 is 0. The van der Waals surface area contributed by atoms with Crippen LogP contribution in [0.15, 0.2) is 47.8 Å². The molecule has 1 aromatic carbocycles. The first-order valence-electron chi connectivity index (χ1n) is 7.42. The summed E-state index contributed by atoms with van der Waals surface area (Å²) in [5.74, 6) is 0. The summed E-state index contributed by atoms with van der Waals surface area (Å²) in [6, 6.07) is 15.0. The number of thiocarbonyl (C=S) groups is 1. The van der Waals surface area contributed by atoms with Gasteiger partial charge in [0.05, 0.1) is 6.04 Å². The molecule has 0 saturated heterocycles. The van der Waals surface area contributed by atoms with Crippen LogP contribution in [-0.4, -0.2) is 37.2 Å². The Morgan fingerprint density at radius 3 is 2.55 bits per heavy atom. The molecule has 0 saturated carbocycles. The fourth-order valence-electron chi connectivity index (χ4n) is 2.24. The molecular formula is C17H23N3S2. The molecule has 1 atom stereocenters. The SMILES string of the molecule is CN(C)[C@@H](CNC(=S)NCCc1ccccc1)c1cccs1. The van der Waals surface area contributed by atoms with Crippen molar-refractivity contribution in [3.8, 4) is 0 Å². The van der Waals surface area contributed by atoms with Gasteiger partial charge in [-0.2, -0.15) is 0 Å². The predicted octanol–water partition coefficient (Wildman–Crippen LogP) is 3.06. The van der Waals surface area contributed by atoms with Crippen LogP contribution in [0.2, 0.25) is 0 Å². The zero-order valence-corrected chi connectivity index (χ0v) is 14.7. The maximum Gasteiger partial charge on any atom is 0.166 e. The molecule has 0 unspecified atom stereocenters. The van der Waals surface area contributed by atoms with Crippen LogP contribution in [0.5, 0.6) is 0 Å². The van der Waals surface area contributed by atoms with Crippen LogP contribution in [0.25, 0.3) is 0 Å². The van der Waals surface area contributed by atoms with Crippen molar-refractivity contribution >= 4 is 28.7 Å². The van der Waals surface area contributed by atoms with Gasteiger partial charge in [-0.1, -0.05) is 36.4 Å². The molecule has 0 aliphatic carbocycles. The number of likely N-dealkylation sites (N-methyl/N-ethyl adjacent to an activating group) is 1. The van der Waals surface area contributed by atoms with Crippen LogP contribution >= 0.6 is 23.6 Å². The van der Waals surface area contributed by atoms with Gasteiger partial charge >= 0.3 is 0 Å². The summed E-state index contributed by atoms with van der Waals surface area (Å²) >= 11 is 7.15. The lowest BCUT2D eigenvalue weighted by Gasteiger charge is -2.24. The second-order valence-corrected chi connectivity index (χ2v) is 6.75. The summed E-state index contributed by atoms with van der Waals surface area (Å²) in [5, 5.41) is 9.43. The zero-order valence-electron chi connectivity index (χ0n) is 13.1. The molecule has 0 amide bonds. The summed E-state index contributed by atoms with van der Waals surface area (Å²) in [6.45, 7) is 1.66. The fraction of sp³-hybridized carbons (Fsp3) is 0.353. The van der Waals surface area contributed by atoms with Crippen LogP contribution < -0.4 is 10.6 Å². The standard InChI is InChI=1S/C17H23N3S2/c1-20(2)15(16-9-6-12-22-16)13-19-17(21)18-11-10-14-7-4-3-5-8-14/h3-9,12,15H,10-11,13H2,1-2H3,(H2,18,19,21)/t15-/m0/s1. The molecule has 118 valence electrons. The first-order chi connectivity index (χ1) is 10.7. The Kier molecular flexibility index (Phi) is 6.83. The van der Waals surface area contributed by atoms with Crippen LogP contribution in [0.4, 0.5) is 0 Å². The first kappa shape index (κ1) is 16.9. The molecular weight excluding hydrogens is 310 g/mol. The summed E-state index contributed by atoms with van der Waals surface area (Å²) in [7, 11) is 4.19. The lowest BCUT2D eigenvalue weighted by atomic mass is 10.1. The third-order valence-electron chi connectivity index (χ3n) is 3.49. The van der Waals surface area contributed by atoms with E-state index in [1.54, 1.807) is 11.3 Å². The molecule has 3 nitrogen and oxygen atoms in total. The molecule has 2 N–H and O–H groups in total. The van der Waals surface area contributed by atoms with Gasteiger partial charge in [-0.3, -0.25) is 0 Å². The van der Waals surface area contributed by atoms with Gasteiger partial charge in [0.1, 0.15) is 0 Å². The largest absolute Gasteiger partial charge is 0.362 e. The highest BCUT2D eigenvalue weighted by atomic mass is 32.1. The molecule has 0 radical (unpaired) electrons. The van der Waals surface area contributed by atoms with E-state index in [1.807, 2.05) is 6.07 Å². The van der Waals surface area contributed by atoms with Gasteiger partial charge in [0.2, 0.25) is 0 Å². The average Bonchev–Trinajstić information content (AvgIpc) is 3.02. The van der Waals surface area contributed by atoms with Crippen LogP contribution in [0, 0.1) is 0 Å². The smallest absolute Gasteiger partial charge is 0.166 e. The Bertz CT molecular complexity index is 553. The lowest BCUT2D eigenvalue weighted by molar-refractivity contribution is 0.303. The van der Waals surface area contributed by atoms with Gasteiger partial charge in [0.25, 0.3) is 0 Å². The number of thiophene rings is 1. The third kappa shape index (κ3) is 5.40. The van der Waals surface area contributed by atoms with E-state index in [9.17, 15) is 0 Å². The average molecular weight is 334 g/mol. The van der Waals surface area contributed by atoms with E-state index in [0.717, 1.165) is 24.6 Å². The maximum atomic E-state index is 5.37. The first-order valence-corrected chi connectivity index (χ1v) is 8.71. The zero-order chi connectivity index (χ0) is 15.8. The van der Waals surface area contributed by atoms with Gasteiger partial charge in [0.15, 0.2) is 5.11 Å². The number of nitrogens with zero attached hydrogens (tertiary/aromatic N) is 1. The minimum Gasteiger partial charge on any atom is -0.362 e. The monoisotopic (exact) mass is 333 g/mol. The number of benzene rings is 1. The topological polar surface area (TPSA) is 27.3 Å². The molecule has 0 spiro atoms. The van der Waals surface area contributed by atoms with Gasteiger partial charge in [-0.25, -0.2) is 0 Å². The van der Waals surface area contributed by atoms with Crippen molar-refractivity contribution in [3.63, 3.8) is 0 Å². The van der Waals surface area contributed by atoms with Crippen molar-refractivity contribution in [2.75, 3.05) is 27.2 Å². The van der Waals surface area contributed by atoms with Crippen molar-refractivity contribution in [1.29, 1.82) is 0 Å². The van der Waals surface area contributed by atoms with Gasteiger partial charge in [-0.05, 0) is 49.7 Å². The molecule has 0 aliphatic heterocycles. The number of hydrogen-bond donors (Lipinski definition) is 2. The summed E-state index contributed by atoms with van der Waals surface area (Å²) in [4.78, 5) is 3.57. The highest BCUT2D eigenvalue weighted by Crippen LogP contribution is 2.22. The van der Waals surface area contributed by atoms with Gasteiger partial charge in [0, 0.05) is 18.0 Å². The Morgan fingerprint density at radius 1 is 1.14 bits per heavy atom. The van der Waals surface area contributed by atoms with Crippen molar-refractivity contribution in [2.45, 2.75) is 12.5 Å². The molecule has 0 fully saturated rings. The molecule has 0 bridgehead atoms. The molecule has 0 aliphatic rings. The molecule has 1 heterocycles. The Labute approximate surface area is 142 Å². The van der Waals surface area contributed by atoms with Crippen LogP contribution in [0.1, 0.15) is 16.5 Å². The van der Waals surface area contributed by atoms with E-state index in [-0.39, 0.29) is 0 Å². The Morgan fingerprint density at radius 2 is 1.91 bits per heavy atom. The van der Waals surface area contributed by atoms with Gasteiger partial charge in [-0.15, -0.1) is 11.3 Å². The number of hydrogen-bond acceptors (Lipinski definition) is 3. The number of rotatable bonds is 7. The minimum absolute atomic E-state index is 0.342. The molecule has 22 heavy (non-hydrogen) atoms. The second-order valence-electron chi connectivity index (χ2n) is 5.37. The highest BCUT2D eigenvalue weighted by molar-refractivity contribution is 7.80. The van der Waals surface area contributed by atoms with E-state index in [2.05, 4.69) is 71.4 Å². The maximum absolute atomic E-state index is 5.37. The third-order valence-corrected chi connectivity index (χ3v) is 4.76. The lowest BCUT2D eigenvalue weighted by Crippen LogP contribution is -2.40. The predicted molar refractivity (Wildman–Crippen MR) is 99.5 cm³/mol. The van der Waals surface area contributed by atoms with Gasteiger partial charge < -0.3 is 15.5 Å². The van der Waals surface area contributed by atoms with Crippen molar-refractivity contribution < 1.29 is 0 Å². The van der Waals surface area contributed by atoms with E-state index in [1.165, 1.54) is 10.4 Å². The Hall–Kier alpha value is -1.43. The molecule has 2 rings (SSSR count). The normalized spacial score (nSPS) is 12.1. The van der Waals surface area contributed by atoms with E-state index in [0.29, 0.717) is 6.04 Å². The van der Waals surface area contributed by atoms with Crippen molar-refractivity contribution in [1.82, 2.24) is 15.5 Å². The van der Waals surface area contributed by atoms with E-state index < -0.39 is 0 Å². The van der Waals surface area contributed by atoms with Crippen LogP contribution in [-0.2, 0) is 6.42 Å². The number of nitrogens with one attached hydrogen (secondary N) is 2. The van der Waals surface area contributed by atoms with E-state index in [4.69, 9.17) is 12.2 Å². The van der Waals surface area contributed by atoms with Crippen molar-refractivity contribution in [3.05, 3.63) is 58.3 Å². The molecule has 2 aromatic rings. The summed E-state index contributed by atoms with van der Waals surface area (Å²) in [5.41, 5.74) is 1.32.